The van der Waals surface area contributed by atoms with Crippen molar-refractivity contribution in [1.29, 1.82) is 0 Å². The number of fused-ring (bicyclic) bond motifs is 1. The van der Waals surface area contributed by atoms with Crippen molar-refractivity contribution in [3.05, 3.63) is 59.8 Å². The number of quaternary nitrogens is 1. The van der Waals surface area contributed by atoms with Gasteiger partial charge >= 0.3 is 0 Å². The van der Waals surface area contributed by atoms with Crippen molar-refractivity contribution in [2.24, 2.45) is 5.73 Å². The molecule has 1 saturated heterocycles. The Morgan fingerprint density at radius 3 is 2.75 bits per heavy atom. The number of benzene rings is 2. The Hall–Kier alpha value is -2.66. The van der Waals surface area contributed by atoms with Crippen molar-refractivity contribution in [3.63, 3.8) is 0 Å². The van der Waals surface area contributed by atoms with Gasteiger partial charge in [-0.25, -0.2) is 4.68 Å². The summed E-state index contributed by atoms with van der Waals surface area (Å²) in [6.45, 7) is 2.42. The molecule has 1 aliphatic rings. The van der Waals surface area contributed by atoms with Crippen LogP contribution in [0.2, 0.25) is 0 Å². The highest BCUT2D eigenvalue weighted by Gasteiger charge is 2.18. The number of hydrogen-bond acceptors (Lipinski definition) is 2. The number of piperidine rings is 1. The van der Waals surface area contributed by atoms with Gasteiger partial charge in [-0.1, -0.05) is 24.3 Å². The monoisotopic (exact) mass is 321 g/mol. The Labute approximate surface area is 140 Å². The number of nitrogens with two attached hydrogens (primary N) is 2. The molecule has 24 heavy (non-hydrogen) atoms. The molecule has 2 heterocycles. The first-order valence-electron chi connectivity index (χ1n) is 8.42. The molecular weight excluding hydrogens is 300 g/mol. The Balaban J connectivity index is 1.67. The molecule has 1 unspecified atom stereocenters. The van der Waals surface area contributed by atoms with Gasteiger partial charge in [0.2, 0.25) is 0 Å². The molecule has 1 aliphatic heterocycles. The maximum atomic E-state index is 11.6. The zero-order valence-electron chi connectivity index (χ0n) is 13.5. The van der Waals surface area contributed by atoms with E-state index in [0.29, 0.717) is 17.0 Å². The van der Waals surface area contributed by atoms with E-state index in [4.69, 9.17) is 5.73 Å². The Morgan fingerprint density at radius 1 is 1.21 bits per heavy atom. The highest BCUT2D eigenvalue weighted by molar-refractivity contribution is 6.04. The van der Waals surface area contributed by atoms with Crippen molar-refractivity contribution >= 4 is 16.8 Å². The molecule has 0 saturated carbocycles. The Morgan fingerprint density at radius 2 is 2.04 bits per heavy atom. The second-order valence-corrected chi connectivity index (χ2v) is 6.43. The molecular formula is C19H21N4O+. The van der Waals surface area contributed by atoms with Gasteiger partial charge in [-0.05, 0) is 36.6 Å². The number of primary amides is 1. The highest BCUT2D eigenvalue weighted by Crippen LogP contribution is 2.24. The second kappa shape index (κ2) is 6.09. The van der Waals surface area contributed by atoms with E-state index in [1.165, 1.54) is 31.5 Å². The molecule has 0 aliphatic carbocycles. The summed E-state index contributed by atoms with van der Waals surface area (Å²) in [5.41, 5.74) is 8.93. The third kappa shape index (κ3) is 2.67. The van der Waals surface area contributed by atoms with Crippen LogP contribution in [0.5, 0.6) is 0 Å². The molecule has 3 aromatic rings. The lowest BCUT2D eigenvalue weighted by Crippen LogP contribution is -2.86. The van der Waals surface area contributed by atoms with Crippen LogP contribution in [-0.4, -0.2) is 28.8 Å². The summed E-state index contributed by atoms with van der Waals surface area (Å²) in [7, 11) is 0. The first-order valence-corrected chi connectivity index (χ1v) is 8.42. The minimum atomic E-state index is -0.449. The fraction of sp³-hybridized carbons (Fsp3) is 0.263. The van der Waals surface area contributed by atoms with Crippen LogP contribution in [0.25, 0.3) is 16.6 Å². The van der Waals surface area contributed by atoms with Gasteiger partial charge in [0.05, 0.1) is 24.3 Å². The number of carbonyl (C=O) groups is 1. The zero-order valence-corrected chi connectivity index (χ0v) is 13.5. The lowest BCUT2D eigenvalue weighted by Gasteiger charge is -2.20. The number of nitrogens with zero attached hydrogens (tertiary/aromatic N) is 2. The predicted octanol–water partition coefficient (Wildman–Crippen LogP) is 1.57. The van der Waals surface area contributed by atoms with Gasteiger partial charge in [0.25, 0.3) is 5.91 Å². The van der Waals surface area contributed by atoms with E-state index in [9.17, 15) is 4.79 Å². The molecule has 1 atom stereocenters. The fourth-order valence-electron chi connectivity index (χ4n) is 3.52. The molecule has 2 aromatic carbocycles. The van der Waals surface area contributed by atoms with E-state index in [1.54, 1.807) is 6.07 Å². The van der Waals surface area contributed by atoms with E-state index >= 15 is 0 Å². The number of rotatable bonds is 3. The summed E-state index contributed by atoms with van der Waals surface area (Å²) in [4.78, 5) is 11.6. The maximum Gasteiger partial charge on any atom is 0.250 e. The largest absolute Gasteiger partial charge is 0.366 e. The predicted molar refractivity (Wildman–Crippen MR) is 93.2 cm³/mol. The van der Waals surface area contributed by atoms with Crippen LogP contribution in [-0.2, 0) is 0 Å². The molecule has 5 heteroatoms. The van der Waals surface area contributed by atoms with Crippen molar-refractivity contribution in [2.45, 2.75) is 18.8 Å². The molecule has 1 aromatic heterocycles. The van der Waals surface area contributed by atoms with Gasteiger partial charge in [0.15, 0.2) is 0 Å². The average Bonchev–Trinajstić information content (AvgIpc) is 3.06. The number of hydrogen-bond donors (Lipinski definition) is 2. The minimum absolute atomic E-state index is 0.449. The SMILES string of the molecule is NC(=O)c1cccc2cn(-c3ccc(C4CCC[NH2+]C4)cc3)nc12. The summed E-state index contributed by atoms with van der Waals surface area (Å²) in [6.07, 6.45) is 4.49. The molecule has 0 bridgehead atoms. The van der Waals surface area contributed by atoms with Crippen molar-refractivity contribution in [2.75, 3.05) is 13.1 Å². The molecule has 5 nitrogen and oxygen atoms in total. The quantitative estimate of drug-likeness (QED) is 0.768. The Kier molecular flexibility index (Phi) is 3.78. The first kappa shape index (κ1) is 14.9. The molecule has 0 spiro atoms. The number of aromatic nitrogens is 2. The van der Waals surface area contributed by atoms with Gasteiger partial charge in [0, 0.05) is 17.5 Å². The van der Waals surface area contributed by atoms with Crippen LogP contribution in [0.4, 0.5) is 0 Å². The summed E-state index contributed by atoms with van der Waals surface area (Å²) >= 11 is 0. The maximum absolute atomic E-state index is 11.6. The van der Waals surface area contributed by atoms with Crippen LogP contribution in [0, 0.1) is 0 Å². The van der Waals surface area contributed by atoms with Crippen LogP contribution >= 0.6 is 0 Å². The molecule has 1 amide bonds. The van der Waals surface area contributed by atoms with E-state index in [2.05, 4.69) is 34.7 Å². The van der Waals surface area contributed by atoms with Crippen LogP contribution < -0.4 is 11.1 Å². The minimum Gasteiger partial charge on any atom is -0.366 e. The van der Waals surface area contributed by atoms with E-state index in [-0.39, 0.29) is 0 Å². The third-order valence-electron chi connectivity index (χ3n) is 4.84. The topological polar surface area (TPSA) is 77.5 Å². The molecule has 122 valence electrons. The third-order valence-corrected chi connectivity index (χ3v) is 4.84. The van der Waals surface area contributed by atoms with E-state index < -0.39 is 5.91 Å². The number of carbonyl (C=O) groups excluding carboxylic acids is 1. The molecule has 0 radical (unpaired) electrons. The van der Waals surface area contributed by atoms with Crippen molar-refractivity contribution in [3.8, 4) is 5.69 Å². The molecule has 1 fully saturated rings. The summed E-state index contributed by atoms with van der Waals surface area (Å²) < 4.78 is 1.81. The highest BCUT2D eigenvalue weighted by atomic mass is 16.1. The van der Waals surface area contributed by atoms with Gasteiger partial charge in [0.1, 0.15) is 5.52 Å². The average molecular weight is 321 g/mol. The van der Waals surface area contributed by atoms with E-state index in [0.717, 1.165) is 11.1 Å². The fourth-order valence-corrected chi connectivity index (χ4v) is 3.52. The zero-order chi connectivity index (χ0) is 16.5. The lowest BCUT2D eigenvalue weighted by atomic mass is 9.92. The Bertz CT molecular complexity index is 876. The standard InChI is InChI=1S/C19H20N4O/c20-19(24)17-5-1-3-15-12-23(22-18(15)17)16-8-6-13(7-9-16)14-4-2-10-21-11-14/h1,3,5-9,12,14,21H,2,4,10-11H2,(H2,20,24)/p+1. The van der Waals surface area contributed by atoms with Crippen LogP contribution in [0.15, 0.2) is 48.7 Å². The van der Waals surface area contributed by atoms with Crippen molar-refractivity contribution in [1.82, 2.24) is 9.78 Å². The van der Waals surface area contributed by atoms with Gasteiger partial charge in [-0.3, -0.25) is 4.79 Å². The smallest absolute Gasteiger partial charge is 0.250 e. The molecule has 4 N–H and O–H groups in total. The molecule has 4 rings (SSSR count). The van der Waals surface area contributed by atoms with Gasteiger partial charge in [-0.2, -0.15) is 5.10 Å². The van der Waals surface area contributed by atoms with E-state index in [1.807, 2.05) is 23.0 Å². The lowest BCUT2D eigenvalue weighted by molar-refractivity contribution is -0.664. The summed E-state index contributed by atoms with van der Waals surface area (Å²) in [5.74, 6) is 0.195. The number of amides is 1. The summed E-state index contributed by atoms with van der Waals surface area (Å²) in [5, 5.41) is 7.87. The van der Waals surface area contributed by atoms with Gasteiger partial charge in [-0.15, -0.1) is 0 Å². The summed E-state index contributed by atoms with van der Waals surface area (Å²) in [6, 6.07) is 14.1. The van der Waals surface area contributed by atoms with Gasteiger partial charge < -0.3 is 11.1 Å². The van der Waals surface area contributed by atoms with Crippen LogP contribution in [0.1, 0.15) is 34.7 Å². The van der Waals surface area contributed by atoms with Crippen LogP contribution in [0.3, 0.4) is 0 Å². The van der Waals surface area contributed by atoms with Crippen molar-refractivity contribution < 1.29 is 10.1 Å². The second-order valence-electron chi connectivity index (χ2n) is 6.43. The normalized spacial score (nSPS) is 17.9. The first-order chi connectivity index (χ1) is 11.7.